The highest BCUT2D eigenvalue weighted by Gasteiger charge is 2.02. The number of aryl methyl sites for hydroxylation is 2. The normalized spacial score (nSPS) is 10.4. The molecular weight excluding hydrogens is 272 g/mol. The molecule has 0 unspecified atom stereocenters. The van der Waals surface area contributed by atoms with Crippen molar-refractivity contribution in [2.75, 3.05) is 5.32 Å². The lowest BCUT2D eigenvalue weighted by Crippen LogP contribution is -2.07. The first-order chi connectivity index (χ1) is 7.65. The van der Waals surface area contributed by atoms with E-state index in [9.17, 15) is 0 Å². The zero-order valence-electron chi connectivity index (χ0n) is 8.98. The van der Waals surface area contributed by atoms with Crippen LogP contribution in [0.5, 0.6) is 0 Å². The predicted molar refractivity (Wildman–Crippen MR) is 62.8 cm³/mol. The molecule has 0 aliphatic carbocycles. The van der Waals surface area contributed by atoms with Crippen LogP contribution >= 0.6 is 15.9 Å². The Bertz CT molecular complexity index is 474. The van der Waals surface area contributed by atoms with Gasteiger partial charge in [-0.05, 0) is 22.9 Å². The van der Waals surface area contributed by atoms with Gasteiger partial charge in [-0.1, -0.05) is 0 Å². The average Bonchev–Trinajstić information content (AvgIpc) is 2.59. The van der Waals surface area contributed by atoms with Crippen molar-refractivity contribution in [3.05, 3.63) is 28.6 Å². The molecule has 1 N–H and O–H groups in total. The zero-order chi connectivity index (χ0) is 11.5. The van der Waals surface area contributed by atoms with Crippen LogP contribution in [0.4, 0.5) is 5.82 Å². The summed E-state index contributed by atoms with van der Waals surface area (Å²) in [6.07, 6.45) is 1.66. The summed E-state index contributed by atoms with van der Waals surface area (Å²) in [4.78, 5) is 8.38. The lowest BCUT2D eigenvalue weighted by molar-refractivity contribution is 0.808. The van der Waals surface area contributed by atoms with Crippen LogP contribution in [0.1, 0.15) is 11.6 Å². The van der Waals surface area contributed by atoms with Crippen molar-refractivity contribution in [2.45, 2.75) is 13.5 Å². The molecule has 2 aromatic heterocycles. The molecule has 0 spiro atoms. The van der Waals surface area contributed by atoms with Crippen molar-refractivity contribution < 1.29 is 0 Å². The second kappa shape index (κ2) is 4.56. The van der Waals surface area contributed by atoms with Crippen LogP contribution in [0.15, 0.2) is 17.0 Å². The molecule has 0 aromatic carbocycles. The molecule has 0 atom stereocenters. The van der Waals surface area contributed by atoms with E-state index in [1.165, 1.54) is 0 Å². The third-order valence-corrected chi connectivity index (χ3v) is 2.45. The van der Waals surface area contributed by atoms with Crippen LogP contribution in [0.3, 0.4) is 0 Å². The van der Waals surface area contributed by atoms with Crippen LogP contribution in [-0.4, -0.2) is 24.7 Å². The van der Waals surface area contributed by atoms with E-state index in [1.54, 1.807) is 6.33 Å². The Balaban J connectivity index is 2.07. The van der Waals surface area contributed by atoms with Gasteiger partial charge in [0.2, 0.25) is 0 Å². The Morgan fingerprint density at radius 2 is 2.25 bits per heavy atom. The highest BCUT2D eigenvalue weighted by atomic mass is 79.9. The third kappa shape index (κ3) is 2.54. The van der Waals surface area contributed by atoms with E-state index in [1.807, 2.05) is 24.6 Å². The molecule has 84 valence electrons. The fourth-order valence-electron chi connectivity index (χ4n) is 1.26. The molecule has 16 heavy (non-hydrogen) atoms. The Hall–Kier alpha value is -1.50. The minimum atomic E-state index is 0.583. The van der Waals surface area contributed by atoms with Crippen molar-refractivity contribution in [1.82, 2.24) is 24.7 Å². The summed E-state index contributed by atoms with van der Waals surface area (Å²) >= 11 is 3.32. The number of nitrogens with one attached hydrogen (secondary N) is 1. The summed E-state index contributed by atoms with van der Waals surface area (Å²) < 4.78 is 2.62. The van der Waals surface area contributed by atoms with E-state index in [-0.39, 0.29) is 0 Å². The molecule has 2 rings (SSSR count). The minimum Gasteiger partial charge on any atom is -0.363 e. The van der Waals surface area contributed by atoms with Crippen molar-refractivity contribution in [2.24, 2.45) is 7.05 Å². The molecule has 0 fully saturated rings. The summed E-state index contributed by atoms with van der Waals surface area (Å²) in [6.45, 7) is 2.43. The summed E-state index contributed by atoms with van der Waals surface area (Å²) in [5, 5.41) is 10.9. The van der Waals surface area contributed by atoms with Crippen LogP contribution in [0.2, 0.25) is 0 Å². The molecule has 2 heterocycles. The smallest absolute Gasteiger partial charge is 0.151 e. The van der Waals surface area contributed by atoms with Gasteiger partial charge in [0.05, 0.1) is 6.54 Å². The molecule has 0 amide bonds. The van der Waals surface area contributed by atoms with Gasteiger partial charge >= 0.3 is 0 Å². The van der Waals surface area contributed by atoms with Crippen molar-refractivity contribution in [1.29, 1.82) is 0 Å². The highest BCUT2D eigenvalue weighted by molar-refractivity contribution is 9.10. The van der Waals surface area contributed by atoms with Gasteiger partial charge in [-0.25, -0.2) is 9.97 Å². The molecule has 7 heteroatoms. The third-order valence-electron chi connectivity index (χ3n) is 2.04. The number of hydrogen-bond donors (Lipinski definition) is 1. The SMILES string of the molecule is Cc1nc(Br)cc(NCc2nncn2C)n1. The molecule has 0 radical (unpaired) electrons. The van der Waals surface area contributed by atoms with Gasteiger partial charge in [-0.2, -0.15) is 0 Å². The van der Waals surface area contributed by atoms with Crippen molar-refractivity contribution in [3.63, 3.8) is 0 Å². The molecule has 0 saturated heterocycles. The second-order valence-electron chi connectivity index (χ2n) is 3.33. The number of hydrogen-bond acceptors (Lipinski definition) is 5. The molecule has 2 aromatic rings. The maximum atomic E-state index is 4.25. The first-order valence-corrected chi connectivity index (χ1v) is 5.52. The summed E-state index contributed by atoms with van der Waals surface area (Å²) in [5.41, 5.74) is 0. The molecule has 0 aliphatic rings. The van der Waals surface area contributed by atoms with E-state index in [4.69, 9.17) is 0 Å². The van der Waals surface area contributed by atoms with Gasteiger partial charge in [0.1, 0.15) is 22.6 Å². The fourth-order valence-corrected chi connectivity index (χ4v) is 1.73. The maximum Gasteiger partial charge on any atom is 0.151 e. The topological polar surface area (TPSA) is 68.5 Å². The summed E-state index contributed by atoms with van der Waals surface area (Å²) in [6, 6.07) is 1.82. The van der Waals surface area contributed by atoms with Crippen LogP contribution in [0, 0.1) is 6.92 Å². The van der Waals surface area contributed by atoms with E-state index in [2.05, 4.69) is 41.4 Å². The van der Waals surface area contributed by atoms with Crippen molar-refractivity contribution >= 4 is 21.7 Å². The minimum absolute atomic E-state index is 0.583. The monoisotopic (exact) mass is 282 g/mol. The quantitative estimate of drug-likeness (QED) is 0.860. The lowest BCUT2D eigenvalue weighted by atomic mass is 10.5. The van der Waals surface area contributed by atoms with Crippen LogP contribution < -0.4 is 5.32 Å². The zero-order valence-corrected chi connectivity index (χ0v) is 10.6. The van der Waals surface area contributed by atoms with E-state index < -0.39 is 0 Å². The van der Waals surface area contributed by atoms with Gasteiger partial charge in [0, 0.05) is 13.1 Å². The van der Waals surface area contributed by atoms with Crippen LogP contribution in [0.25, 0.3) is 0 Å². The summed E-state index contributed by atoms with van der Waals surface area (Å²) in [5.74, 6) is 2.34. The predicted octanol–water partition coefficient (Wildman–Crippen LogP) is 1.29. The number of aromatic nitrogens is 5. The molecule has 6 nitrogen and oxygen atoms in total. The van der Waals surface area contributed by atoms with E-state index in [0.29, 0.717) is 6.54 Å². The molecule has 0 saturated carbocycles. The van der Waals surface area contributed by atoms with E-state index in [0.717, 1.165) is 22.1 Å². The first-order valence-electron chi connectivity index (χ1n) is 4.73. The molecule has 0 bridgehead atoms. The summed E-state index contributed by atoms with van der Waals surface area (Å²) in [7, 11) is 1.90. The van der Waals surface area contributed by atoms with Gasteiger partial charge < -0.3 is 9.88 Å². The standard InChI is InChI=1S/C9H11BrN6/c1-6-13-7(10)3-8(14-6)11-4-9-15-12-5-16(9)2/h3,5H,4H2,1-2H3,(H,11,13,14). The van der Waals surface area contributed by atoms with Gasteiger partial charge in [0.25, 0.3) is 0 Å². The van der Waals surface area contributed by atoms with Gasteiger partial charge in [-0.15, -0.1) is 10.2 Å². The second-order valence-corrected chi connectivity index (χ2v) is 4.15. The fraction of sp³-hybridized carbons (Fsp3) is 0.333. The lowest BCUT2D eigenvalue weighted by Gasteiger charge is -2.05. The number of nitrogens with zero attached hydrogens (tertiary/aromatic N) is 5. The molecule has 0 aliphatic heterocycles. The van der Waals surface area contributed by atoms with Gasteiger partial charge in [0.15, 0.2) is 5.82 Å². The Labute approximate surface area is 101 Å². The van der Waals surface area contributed by atoms with Crippen LogP contribution in [-0.2, 0) is 13.6 Å². The Morgan fingerprint density at radius 1 is 1.44 bits per heavy atom. The number of anilines is 1. The largest absolute Gasteiger partial charge is 0.363 e. The maximum absolute atomic E-state index is 4.25. The Morgan fingerprint density at radius 3 is 2.88 bits per heavy atom. The number of rotatable bonds is 3. The van der Waals surface area contributed by atoms with E-state index >= 15 is 0 Å². The van der Waals surface area contributed by atoms with Crippen molar-refractivity contribution in [3.8, 4) is 0 Å². The average molecular weight is 283 g/mol. The number of halogens is 1. The highest BCUT2D eigenvalue weighted by Crippen LogP contribution is 2.12. The first kappa shape index (κ1) is 11.0. The van der Waals surface area contributed by atoms with Gasteiger partial charge in [-0.3, -0.25) is 0 Å². The Kier molecular flexibility index (Phi) is 3.14. The molecular formula is C9H11BrN6.